The minimum absolute atomic E-state index is 0.177. The molecule has 3 unspecified atom stereocenters. The summed E-state index contributed by atoms with van der Waals surface area (Å²) < 4.78 is 5.64. The van der Waals surface area contributed by atoms with Crippen molar-refractivity contribution in [2.24, 2.45) is 0 Å². The average molecular weight is 291 g/mol. The topological polar surface area (TPSA) is 32.7 Å². The maximum atomic E-state index is 10.5. The third-order valence-corrected chi connectivity index (χ3v) is 4.40. The second-order valence-electron chi connectivity index (χ2n) is 6.58. The molecule has 1 aromatic carbocycles. The van der Waals surface area contributed by atoms with Gasteiger partial charge in [-0.05, 0) is 58.2 Å². The lowest BCUT2D eigenvalue weighted by molar-refractivity contribution is 0.0411. The zero-order valence-corrected chi connectivity index (χ0v) is 13.7. The number of hydrogen-bond acceptors (Lipinski definition) is 3. The quantitative estimate of drug-likeness (QED) is 0.896. The van der Waals surface area contributed by atoms with E-state index in [4.69, 9.17) is 4.74 Å². The molecule has 1 aliphatic rings. The molecule has 0 bridgehead atoms. The molecule has 3 atom stereocenters. The van der Waals surface area contributed by atoms with Crippen LogP contribution in [0.2, 0.25) is 0 Å². The first-order valence-corrected chi connectivity index (χ1v) is 8.17. The van der Waals surface area contributed by atoms with Gasteiger partial charge in [-0.25, -0.2) is 0 Å². The Morgan fingerprint density at radius 3 is 2.24 bits per heavy atom. The minimum Gasteiger partial charge on any atom is -0.491 e. The van der Waals surface area contributed by atoms with Crippen molar-refractivity contribution in [1.29, 1.82) is 0 Å². The van der Waals surface area contributed by atoms with Crippen LogP contribution in [0.5, 0.6) is 5.75 Å². The molecule has 1 aromatic rings. The highest BCUT2D eigenvalue weighted by Gasteiger charge is 2.26. The highest BCUT2D eigenvalue weighted by atomic mass is 16.5. The fourth-order valence-corrected chi connectivity index (χ4v) is 3.18. The van der Waals surface area contributed by atoms with Gasteiger partial charge in [0, 0.05) is 18.6 Å². The summed E-state index contributed by atoms with van der Waals surface area (Å²) in [7, 11) is 0. The third-order valence-electron chi connectivity index (χ3n) is 4.40. The van der Waals surface area contributed by atoms with Gasteiger partial charge in [0.2, 0.25) is 0 Å². The van der Waals surface area contributed by atoms with Crippen LogP contribution in [-0.2, 0) is 0 Å². The zero-order chi connectivity index (χ0) is 15.4. The van der Waals surface area contributed by atoms with E-state index in [1.54, 1.807) is 0 Å². The molecule has 0 spiro atoms. The lowest BCUT2D eigenvalue weighted by atomic mass is 9.96. The molecule has 1 fully saturated rings. The second-order valence-corrected chi connectivity index (χ2v) is 6.58. The van der Waals surface area contributed by atoms with Crippen molar-refractivity contribution < 1.29 is 9.84 Å². The summed E-state index contributed by atoms with van der Waals surface area (Å²) in [5, 5.41) is 10.5. The van der Waals surface area contributed by atoms with E-state index in [1.165, 1.54) is 19.3 Å². The molecule has 0 aliphatic carbocycles. The molecule has 3 nitrogen and oxygen atoms in total. The Bertz CT molecular complexity index is 419. The van der Waals surface area contributed by atoms with Crippen LogP contribution >= 0.6 is 0 Å². The molecular weight excluding hydrogens is 262 g/mol. The maximum Gasteiger partial charge on any atom is 0.119 e. The van der Waals surface area contributed by atoms with E-state index in [0.29, 0.717) is 18.6 Å². The number of aliphatic hydroxyl groups excluding tert-OH is 1. The third kappa shape index (κ3) is 4.45. The summed E-state index contributed by atoms with van der Waals surface area (Å²) in [5.74, 6) is 0.862. The van der Waals surface area contributed by atoms with Gasteiger partial charge in [-0.15, -0.1) is 0 Å². The summed E-state index contributed by atoms with van der Waals surface area (Å²) in [5.41, 5.74) is 0.969. The molecule has 2 rings (SSSR count). The lowest BCUT2D eigenvalue weighted by Crippen LogP contribution is -2.45. The van der Waals surface area contributed by atoms with Crippen LogP contribution in [0.3, 0.4) is 0 Å². The fraction of sp³-hybridized carbons (Fsp3) is 0.667. The van der Waals surface area contributed by atoms with Gasteiger partial charge >= 0.3 is 0 Å². The zero-order valence-electron chi connectivity index (χ0n) is 13.7. The number of likely N-dealkylation sites (tertiary alicyclic amines) is 1. The van der Waals surface area contributed by atoms with Crippen LogP contribution in [0.4, 0.5) is 0 Å². The first-order chi connectivity index (χ1) is 9.97. The standard InChI is InChI=1S/C18H29NO2/c1-13(2)21-17-10-8-16(9-11-17)18(20)12-19-14(3)6-5-7-15(19)4/h8-11,13-15,18,20H,5-7,12H2,1-4H3. The van der Waals surface area contributed by atoms with E-state index in [-0.39, 0.29) is 6.10 Å². The molecule has 1 N–H and O–H groups in total. The van der Waals surface area contributed by atoms with Crippen molar-refractivity contribution in [2.45, 2.75) is 71.2 Å². The van der Waals surface area contributed by atoms with Gasteiger partial charge in [-0.1, -0.05) is 18.6 Å². The van der Waals surface area contributed by atoms with E-state index >= 15 is 0 Å². The van der Waals surface area contributed by atoms with Crippen molar-refractivity contribution in [3.05, 3.63) is 29.8 Å². The van der Waals surface area contributed by atoms with Gasteiger partial charge in [-0.2, -0.15) is 0 Å². The summed E-state index contributed by atoms with van der Waals surface area (Å²) >= 11 is 0. The minimum atomic E-state index is -0.430. The van der Waals surface area contributed by atoms with Crippen LogP contribution in [-0.4, -0.2) is 34.7 Å². The van der Waals surface area contributed by atoms with Crippen LogP contribution < -0.4 is 4.74 Å². The van der Waals surface area contributed by atoms with Crippen LogP contribution in [0.25, 0.3) is 0 Å². The predicted octanol–water partition coefficient (Wildman–Crippen LogP) is 3.77. The Hall–Kier alpha value is -1.06. The van der Waals surface area contributed by atoms with E-state index < -0.39 is 6.10 Å². The van der Waals surface area contributed by atoms with Crippen molar-refractivity contribution in [1.82, 2.24) is 4.90 Å². The molecule has 1 heterocycles. The van der Waals surface area contributed by atoms with Crippen LogP contribution in [0, 0.1) is 0 Å². The van der Waals surface area contributed by atoms with Gasteiger partial charge < -0.3 is 9.84 Å². The van der Waals surface area contributed by atoms with Gasteiger partial charge in [0.15, 0.2) is 0 Å². The summed E-state index contributed by atoms with van der Waals surface area (Å²) in [6.07, 6.45) is 3.52. The molecule has 0 radical (unpaired) electrons. The summed E-state index contributed by atoms with van der Waals surface area (Å²) in [6, 6.07) is 8.96. The largest absolute Gasteiger partial charge is 0.491 e. The smallest absolute Gasteiger partial charge is 0.119 e. The van der Waals surface area contributed by atoms with Gasteiger partial charge in [0.1, 0.15) is 5.75 Å². The lowest BCUT2D eigenvalue weighted by Gasteiger charge is -2.40. The number of nitrogens with zero attached hydrogens (tertiary/aromatic N) is 1. The van der Waals surface area contributed by atoms with E-state index in [2.05, 4.69) is 18.7 Å². The first kappa shape index (κ1) is 16.3. The molecule has 1 saturated heterocycles. The van der Waals surface area contributed by atoms with E-state index in [9.17, 15) is 5.11 Å². The molecular formula is C18H29NO2. The molecule has 3 heteroatoms. The Labute approximate surface area is 128 Å². The van der Waals surface area contributed by atoms with Gasteiger partial charge in [0.05, 0.1) is 12.2 Å². The number of rotatable bonds is 5. The van der Waals surface area contributed by atoms with Crippen molar-refractivity contribution >= 4 is 0 Å². The van der Waals surface area contributed by atoms with Gasteiger partial charge in [0.25, 0.3) is 0 Å². The Kier molecular flexibility index (Phi) is 5.65. The van der Waals surface area contributed by atoms with Gasteiger partial charge in [-0.3, -0.25) is 4.90 Å². The number of aliphatic hydroxyl groups is 1. The highest BCUT2D eigenvalue weighted by molar-refractivity contribution is 5.28. The second kappa shape index (κ2) is 7.28. The van der Waals surface area contributed by atoms with Crippen LogP contribution in [0.1, 0.15) is 58.6 Å². The number of β-amino-alcohol motifs (C(OH)–C–C–N with tert-alkyl or cyclic N) is 1. The number of hydrogen-bond donors (Lipinski definition) is 1. The fourth-order valence-electron chi connectivity index (χ4n) is 3.18. The maximum absolute atomic E-state index is 10.5. The molecule has 0 amide bonds. The molecule has 0 aromatic heterocycles. The summed E-state index contributed by atoms with van der Waals surface area (Å²) in [6.45, 7) is 9.28. The first-order valence-electron chi connectivity index (χ1n) is 8.17. The number of benzene rings is 1. The molecule has 1 aliphatic heterocycles. The Balaban J connectivity index is 1.97. The monoisotopic (exact) mass is 291 g/mol. The number of ether oxygens (including phenoxy) is 1. The SMILES string of the molecule is CC(C)Oc1ccc(C(O)CN2C(C)CCCC2C)cc1. The van der Waals surface area contributed by atoms with Crippen molar-refractivity contribution in [3.63, 3.8) is 0 Å². The highest BCUT2D eigenvalue weighted by Crippen LogP contribution is 2.26. The molecule has 118 valence electrons. The van der Waals surface area contributed by atoms with Crippen molar-refractivity contribution in [3.8, 4) is 5.75 Å². The Morgan fingerprint density at radius 2 is 1.71 bits per heavy atom. The normalized spacial score (nSPS) is 25.0. The van der Waals surface area contributed by atoms with Crippen molar-refractivity contribution in [2.75, 3.05) is 6.54 Å². The Morgan fingerprint density at radius 1 is 1.14 bits per heavy atom. The average Bonchev–Trinajstić information content (AvgIpc) is 2.43. The molecule has 0 saturated carbocycles. The van der Waals surface area contributed by atoms with E-state index in [0.717, 1.165) is 11.3 Å². The molecule has 21 heavy (non-hydrogen) atoms. The van der Waals surface area contributed by atoms with Crippen LogP contribution in [0.15, 0.2) is 24.3 Å². The number of piperidine rings is 1. The van der Waals surface area contributed by atoms with E-state index in [1.807, 2.05) is 38.1 Å². The predicted molar refractivity (Wildman–Crippen MR) is 86.6 cm³/mol. The summed E-state index contributed by atoms with van der Waals surface area (Å²) in [4.78, 5) is 2.44.